The van der Waals surface area contributed by atoms with Gasteiger partial charge in [0.1, 0.15) is 11.0 Å². The van der Waals surface area contributed by atoms with Crippen LogP contribution in [-0.4, -0.2) is 46.4 Å². The number of amides is 2. The minimum absolute atomic E-state index is 0.0691. The largest absolute Gasteiger partial charge is 0.464 e. The van der Waals surface area contributed by atoms with Gasteiger partial charge in [-0.15, -0.1) is 11.3 Å². The number of aryl methyl sites for hydroxylation is 2. The van der Waals surface area contributed by atoms with E-state index in [0.29, 0.717) is 43.7 Å². The first kappa shape index (κ1) is 27.8. The Kier molecular flexibility index (Phi) is 7.41. The number of anilines is 2. The summed E-state index contributed by atoms with van der Waals surface area (Å²) in [6, 6.07) is 7.68. The highest BCUT2D eigenvalue weighted by atomic mass is 32.1. The van der Waals surface area contributed by atoms with E-state index >= 15 is 0 Å². The molecule has 0 N–H and O–H groups in total. The molecule has 1 aliphatic rings. The SMILES string of the molecule is CCN1C(=O)C(C)(C)C(=O)N(C)c2cc(CN(CCn3cc(C)c4occc4c3=O)Cc3scnc3C)ccc21. The molecule has 210 valence electrons. The van der Waals surface area contributed by atoms with Crippen LogP contribution >= 0.6 is 11.3 Å². The topological polar surface area (TPSA) is 91.9 Å². The van der Waals surface area contributed by atoms with E-state index in [1.54, 1.807) is 58.9 Å². The number of fused-ring (bicyclic) bond motifs is 2. The lowest BCUT2D eigenvalue weighted by Gasteiger charge is -2.27. The zero-order valence-corrected chi connectivity index (χ0v) is 24.7. The number of carbonyl (C=O) groups excluding carboxylic acids is 2. The van der Waals surface area contributed by atoms with Crippen molar-refractivity contribution in [1.82, 2.24) is 14.5 Å². The quantitative estimate of drug-likeness (QED) is 0.289. The molecule has 4 aromatic rings. The fourth-order valence-electron chi connectivity index (χ4n) is 5.40. The number of rotatable bonds is 8. The van der Waals surface area contributed by atoms with Crippen molar-refractivity contribution >= 4 is 45.5 Å². The molecular weight excluding hydrogens is 526 g/mol. The van der Waals surface area contributed by atoms with Crippen LogP contribution in [0.15, 0.2) is 51.4 Å². The highest BCUT2D eigenvalue weighted by Gasteiger charge is 2.45. The van der Waals surface area contributed by atoms with Crippen LogP contribution in [-0.2, 0) is 29.2 Å². The molecule has 1 aliphatic heterocycles. The van der Waals surface area contributed by atoms with Gasteiger partial charge in [0.2, 0.25) is 11.8 Å². The van der Waals surface area contributed by atoms with Gasteiger partial charge >= 0.3 is 0 Å². The van der Waals surface area contributed by atoms with Gasteiger partial charge in [0.25, 0.3) is 5.56 Å². The van der Waals surface area contributed by atoms with Crippen LogP contribution in [0.5, 0.6) is 0 Å². The monoisotopic (exact) mass is 561 g/mol. The number of furan rings is 1. The second kappa shape index (κ2) is 10.7. The third-order valence-corrected chi connectivity index (χ3v) is 8.69. The molecule has 0 fully saturated rings. The molecule has 0 saturated heterocycles. The Bertz CT molecular complexity index is 1650. The minimum Gasteiger partial charge on any atom is -0.464 e. The fourth-order valence-corrected chi connectivity index (χ4v) is 6.22. The Morgan fingerprint density at radius 1 is 1.05 bits per heavy atom. The van der Waals surface area contributed by atoms with Crippen molar-refractivity contribution in [2.24, 2.45) is 5.41 Å². The Morgan fingerprint density at radius 2 is 1.82 bits per heavy atom. The first-order valence-electron chi connectivity index (χ1n) is 13.4. The Hall–Kier alpha value is -3.76. The predicted molar refractivity (Wildman–Crippen MR) is 158 cm³/mol. The summed E-state index contributed by atoms with van der Waals surface area (Å²) in [6.07, 6.45) is 3.40. The lowest BCUT2D eigenvalue weighted by molar-refractivity contribution is -0.137. The molecule has 9 nitrogen and oxygen atoms in total. The van der Waals surface area contributed by atoms with E-state index in [2.05, 4.69) is 9.88 Å². The maximum Gasteiger partial charge on any atom is 0.261 e. The van der Waals surface area contributed by atoms with Crippen LogP contribution in [0.2, 0.25) is 0 Å². The van der Waals surface area contributed by atoms with Gasteiger partial charge < -0.3 is 18.8 Å². The number of aromatic nitrogens is 2. The van der Waals surface area contributed by atoms with E-state index < -0.39 is 5.41 Å². The lowest BCUT2D eigenvalue weighted by Crippen LogP contribution is -2.47. The molecular formula is C30H35N5O4S. The second-order valence-corrected chi connectivity index (χ2v) is 11.8. The first-order chi connectivity index (χ1) is 19.0. The summed E-state index contributed by atoms with van der Waals surface area (Å²) in [5, 5.41) is 0.584. The molecule has 4 heterocycles. The Labute approximate surface area is 237 Å². The molecule has 1 aromatic carbocycles. The molecule has 10 heteroatoms. The second-order valence-electron chi connectivity index (χ2n) is 10.9. The van der Waals surface area contributed by atoms with E-state index in [4.69, 9.17) is 4.42 Å². The zero-order valence-electron chi connectivity index (χ0n) is 23.9. The predicted octanol–water partition coefficient (Wildman–Crippen LogP) is 4.73. The van der Waals surface area contributed by atoms with Crippen LogP contribution in [0.3, 0.4) is 0 Å². The van der Waals surface area contributed by atoms with Crippen molar-refractivity contribution < 1.29 is 14.0 Å². The fraction of sp³-hybridized carbons (Fsp3) is 0.400. The van der Waals surface area contributed by atoms with E-state index in [1.807, 2.05) is 50.7 Å². The molecule has 0 spiro atoms. The smallest absolute Gasteiger partial charge is 0.261 e. The summed E-state index contributed by atoms with van der Waals surface area (Å²) >= 11 is 1.62. The normalized spacial score (nSPS) is 15.3. The third kappa shape index (κ3) is 4.86. The number of hydrogen-bond acceptors (Lipinski definition) is 7. The van der Waals surface area contributed by atoms with Gasteiger partial charge in [0.15, 0.2) is 0 Å². The Morgan fingerprint density at radius 3 is 2.52 bits per heavy atom. The molecule has 5 rings (SSSR count). The zero-order chi connectivity index (χ0) is 28.8. The summed E-state index contributed by atoms with van der Waals surface area (Å²) in [5.74, 6) is -0.427. The standard InChI is InChI=1S/C30H35N5O4S/c1-7-35-23-9-8-21(14-24(23)32(6)28(37)30(4,5)29(35)38)16-33(17-25-20(3)31-18-40-25)11-12-34-15-19(2)26-22(27(34)36)10-13-39-26/h8-10,13-15,18H,7,11-12,16-17H2,1-6H3. The molecule has 0 aliphatic carbocycles. The van der Waals surface area contributed by atoms with Crippen molar-refractivity contribution in [1.29, 1.82) is 0 Å². The van der Waals surface area contributed by atoms with Crippen LogP contribution in [0.25, 0.3) is 11.0 Å². The van der Waals surface area contributed by atoms with Crippen molar-refractivity contribution in [3.8, 4) is 0 Å². The summed E-state index contributed by atoms with van der Waals surface area (Å²) in [5.41, 5.74) is 5.64. The average Bonchev–Trinajstić information content (AvgIpc) is 3.58. The van der Waals surface area contributed by atoms with Crippen LogP contribution in [0.4, 0.5) is 11.4 Å². The molecule has 0 unspecified atom stereocenters. The van der Waals surface area contributed by atoms with E-state index in [0.717, 1.165) is 28.2 Å². The van der Waals surface area contributed by atoms with Crippen molar-refractivity contribution in [2.45, 2.75) is 54.3 Å². The number of thiazole rings is 1. The van der Waals surface area contributed by atoms with Gasteiger partial charge in [0.05, 0.1) is 34.2 Å². The molecule has 40 heavy (non-hydrogen) atoms. The summed E-state index contributed by atoms with van der Waals surface area (Å²) in [7, 11) is 1.73. The van der Waals surface area contributed by atoms with E-state index in [9.17, 15) is 14.4 Å². The average molecular weight is 562 g/mol. The van der Waals surface area contributed by atoms with E-state index in [-0.39, 0.29) is 17.4 Å². The number of carbonyl (C=O) groups is 2. The number of pyridine rings is 1. The molecule has 0 atom stereocenters. The van der Waals surface area contributed by atoms with Gasteiger partial charge in [-0.1, -0.05) is 6.07 Å². The highest BCUT2D eigenvalue weighted by molar-refractivity contribution is 7.09. The van der Waals surface area contributed by atoms with Crippen LogP contribution < -0.4 is 15.4 Å². The molecule has 0 radical (unpaired) electrons. The number of benzene rings is 1. The van der Waals surface area contributed by atoms with Crippen LogP contribution in [0, 0.1) is 19.3 Å². The van der Waals surface area contributed by atoms with Gasteiger partial charge in [-0.25, -0.2) is 4.98 Å². The van der Waals surface area contributed by atoms with Crippen molar-refractivity contribution in [3.05, 3.63) is 74.3 Å². The van der Waals surface area contributed by atoms with Crippen LogP contribution in [0.1, 0.15) is 42.5 Å². The highest BCUT2D eigenvalue weighted by Crippen LogP contribution is 2.39. The first-order valence-corrected chi connectivity index (χ1v) is 14.3. The van der Waals surface area contributed by atoms with Gasteiger partial charge in [-0.2, -0.15) is 0 Å². The van der Waals surface area contributed by atoms with Gasteiger partial charge in [0, 0.05) is 56.4 Å². The molecule has 2 amide bonds. The minimum atomic E-state index is -1.15. The summed E-state index contributed by atoms with van der Waals surface area (Å²) < 4.78 is 7.24. The lowest BCUT2D eigenvalue weighted by atomic mass is 9.90. The molecule has 0 bridgehead atoms. The maximum absolute atomic E-state index is 13.3. The van der Waals surface area contributed by atoms with Crippen molar-refractivity contribution in [2.75, 3.05) is 29.9 Å². The molecule has 3 aromatic heterocycles. The van der Waals surface area contributed by atoms with Crippen molar-refractivity contribution in [3.63, 3.8) is 0 Å². The van der Waals surface area contributed by atoms with E-state index in [1.165, 1.54) is 4.88 Å². The summed E-state index contributed by atoms with van der Waals surface area (Å²) in [4.78, 5) is 50.8. The third-order valence-electron chi connectivity index (χ3n) is 7.77. The maximum atomic E-state index is 13.3. The van der Waals surface area contributed by atoms with Gasteiger partial charge in [-0.05, 0) is 58.4 Å². The molecule has 0 saturated carbocycles. The number of nitrogens with zero attached hydrogens (tertiary/aromatic N) is 5. The van der Waals surface area contributed by atoms with Gasteiger partial charge in [-0.3, -0.25) is 19.3 Å². The summed E-state index contributed by atoms with van der Waals surface area (Å²) in [6.45, 7) is 12.1. The Balaban J connectivity index is 1.46. The number of hydrogen-bond donors (Lipinski definition) is 0.